The number of sulfonamides is 1. The van der Waals surface area contributed by atoms with Crippen LogP contribution in [-0.2, 0) is 14.8 Å². The van der Waals surface area contributed by atoms with Gasteiger partial charge in [-0.15, -0.1) is 12.4 Å². The van der Waals surface area contributed by atoms with E-state index >= 15 is 0 Å². The van der Waals surface area contributed by atoms with E-state index in [9.17, 15) is 13.2 Å². The number of nitrogens with two attached hydrogens (primary N) is 2. The van der Waals surface area contributed by atoms with Crippen molar-refractivity contribution in [3.05, 3.63) is 59.2 Å². The Morgan fingerprint density at radius 1 is 1.12 bits per heavy atom. The van der Waals surface area contributed by atoms with E-state index in [4.69, 9.17) is 10.9 Å². The summed E-state index contributed by atoms with van der Waals surface area (Å²) in [6, 6.07) is 11.7. The highest BCUT2D eigenvalue weighted by Crippen LogP contribution is 2.26. The number of carbonyl (C=O) groups is 1. The summed E-state index contributed by atoms with van der Waals surface area (Å²) in [5.74, 6) is -0.786. The number of amides is 1. The van der Waals surface area contributed by atoms with Crippen molar-refractivity contribution >= 4 is 34.0 Å². The first-order valence-corrected chi connectivity index (χ1v) is 9.41. The molecule has 0 bridgehead atoms. The molecule has 0 aromatic heterocycles. The Morgan fingerprint density at radius 3 is 2.23 bits per heavy atom. The van der Waals surface area contributed by atoms with Crippen LogP contribution in [0.15, 0.2) is 47.4 Å². The minimum Gasteiger partial charge on any atom is -0.326 e. The standard InChI is InChI=1S/C18H23N3O3S.ClH/c1-11-9-15(25(20,23)24)10-16(12(11)2)21-18(22)13(3)17(19)14-7-5-4-6-8-14;/h4-10,13,17H,19H2,1-3H3,(H,21,22)(H2,20,23,24);1H. The Labute approximate surface area is 160 Å². The number of halogens is 1. The van der Waals surface area contributed by atoms with Gasteiger partial charge in [-0.05, 0) is 42.7 Å². The molecule has 2 unspecified atom stereocenters. The van der Waals surface area contributed by atoms with Crippen LogP contribution in [-0.4, -0.2) is 14.3 Å². The van der Waals surface area contributed by atoms with Gasteiger partial charge in [0.2, 0.25) is 15.9 Å². The van der Waals surface area contributed by atoms with Crippen molar-refractivity contribution in [2.45, 2.75) is 31.7 Å². The van der Waals surface area contributed by atoms with Gasteiger partial charge < -0.3 is 11.1 Å². The normalized spacial score (nSPS) is 13.4. The molecule has 2 rings (SSSR count). The van der Waals surface area contributed by atoms with Crippen molar-refractivity contribution < 1.29 is 13.2 Å². The van der Waals surface area contributed by atoms with E-state index in [0.29, 0.717) is 5.69 Å². The zero-order valence-corrected chi connectivity index (χ0v) is 16.5. The summed E-state index contributed by atoms with van der Waals surface area (Å²) in [7, 11) is -3.86. The van der Waals surface area contributed by atoms with Crippen LogP contribution in [0.4, 0.5) is 5.69 Å². The summed E-state index contributed by atoms with van der Waals surface area (Å²) in [4.78, 5) is 12.5. The molecule has 2 atom stereocenters. The molecule has 6 nitrogen and oxygen atoms in total. The Morgan fingerprint density at radius 2 is 1.69 bits per heavy atom. The molecular formula is C18H24ClN3O3S. The second-order valence-corrected chi connectivity index (χ2v) is 7.73. The predicted octanol–water partition coefficient (Wildman–Crippen LogP) is 2.65. The Bertz CT molecular complexity index is 886. The van der Waals surface area contributed by atoms with Crippen LogP contribution >= 0.6 is 12.4 Å². The molecule has 1 amide bonds. The highest BCUT2D eigenvalue weighted by molar-refractivity contribution is 7.89. The van der Waals surface area contributed by atoms with E-state index in [1.807, 2.05) is 30.3 Å². The maximum Gasteiger partial charge on any atom is 0.238 e. The SMILES string of the molecule is Cc1cc(S(N)(=O)=O)cc(NC(=O)C(C)C(N)c2ccccc2)c1C.Cl. The number of anilines is 1. The summed E-state index contributed by atoms with van der Waals surface area (Å²) < 4.78 is 23.2. The van der Waals surface area contributed by atoms with Crippen molar-refractivity contribution in [2.24, 2.45) is 16.8 Å². The van der Waals surface area contributed by atoms with Crippen LogP contribution in [0.25, 0.3) is 0 Å². The molecule has 2 aromatic rings. The third-order valence-corrected chi connectivity index (χ3v) is 5.26. The second-order valence-electron chi connectivity index (χ2n) is 6.17. The van der Waals surface area contributed by atoms with Crippen LogP contribution in [0.3, 0.4) is 0 Å². The minimum absolute atomic E-state index is 0. The van der Waals surface area contributed by atoms with Crippen LogP contribution in [0.2, 0.25) is 0 Å². The molecule has 0 aliphatic rings. The van der Waals surface area contributed by atoms with Gasteiger partial charge in [-0.1, -0.05) is 37.3 Å². The van der Waals surface area contributed by atoms with E-state index in [0.717, 1.165) is 16.7 Å². The van der Waals surface area contributed by atoms with Crippen LogP contribution in [0.5, 0.6) is 0 Å². The highest BCUT2D eigenvalue weighted by atomic mass is 35.5. The van der Waals surface area contributed by atoms with Gasteiger partial charge in [-0.25, -0.2) is 13.6 Å². The molecule has 0 fully saturated rings. The first-order valence-electron chi connectivity index (χ1n) is 7.86. The monoisotopic (exact) mass is 397 g/mol. The van der Waals surface area contributed by atoms with Crippen molar-refractivity contribution in [2.75, 3.05) is 5.32 Å². The molecule has 142 valence electrons. The Hall–Kier alpha value is -1.93. The largest absolute Gasteiger partial charge is 0.326 e. The summed E-state index contributed by atoms with van der Waals surface area (Å²) in [5.41, 5.74) is 8.96. The summed E-state index contributed by atoms with van der Waals surface area (Å²) >= 11 is 0. The molecule has 0 saturated heterocycles. The van der Waals surface area contributed by atoms with E-state index < -0.39 is 22.0 Å². The number of benzene rings is 2. The minimum atomic E-state index is -3.86. The molecule has 0 aliphatic heterocycles. The highest BCUT2D eigenvalue weighted by Gasteiger charge is 2.23. The van der Waals surface area contributed by atoms with Crippen molar-refractivity contribution in [1.29, 1.82) is 0 Å². The third kappa shape index (κ3) is 5.04. The number of aryl methyl sites for hydroxylation is 1. The molecule has 0 spiro atoms. The number of hydrogen-bond donors (Lipinski definition) is 3. The molecule has 0 saturated carbocycles. The van der Waals surface area contributed by atoms with Gasteiger partial charge in [0.25, 0.3) is 0 Å². The second kappa shape index (κ2) is 8.64. The van der Waals surface area contributed by atoms with E-state index in [-0.39, 0.29) is 23.2 Å². The maximum absolute atomic E-state index is 12.6. The zero-order chi connectivity index (χ0) is 18.8. The lowest BCUT2D eigenvalue weighted by Crippen LogP contribution is -2.30. The summed E-state index contributed by atoms with van der Waals surface area (Å²) in [6.07, 6.45) is 0. The predicted molar refractivity (Wildman–Crippen MR) is 106 cm³/mol. The van der Waals surface area contributed by atoms with Gasteiger partial charge in [0, 0.05) is 11.7 Å². The lowest BCUT2D eigenvalue weighted by Gasteiger charge is -2.21. The molecule has 5 N–H and O–H groups in total. The number of hydrogen-bond acceptors (Lipinski definition) is 4. The van der Waals surface area contributed by atoms with Gasteiger partial charge in [0.05, 0.1) is 10.8 Å². The molecule has 0 radical (unpaired) electrons. The summed E-state index contributed by atoms with van der Waals surface area (Å²) in [5, 5.41) is 7.97. The topological polar surface area (TPSA) is 115 Å². The maximum atomic E-state index is 12.6. The van der Waals surface area contributed by atoms with Gasteiger partial charge in [-0.2, -0.15) is 0 Å². The van der Waals surface area contributed by atoms with Crippen molar-refractivity contribution in [1.82, 2.24) is 0 Å². The Kier molecular flexibility index (Phi) is 7.35. The van der Waals surface area contributed by atoms with Crippen LogP contribution < -0.4 is 16.2 Å². The fourth-order valence-corrected chi connectivity index (χ4v) is 3.12. The van der Waals surface area contributed by atoms with Gasteiger partial charge in [-0.3, -0.25) is 4.79 Å². The lowest BCUT2D eigenvalue weighted by atomic mass is 9.94. The van der Waals surface area contributed by atoms with E-state index in [1.165, 1.54) is 12.1 Å². The molecule has 26 heavy (non-hydrogen) atoms. The van der Waals surface area contributed by atoms with Crippen molar-refractivity contribution in [3.8, 4) is 0 Å². The van der Waals surface area contributed by atoms with Gasteiger partial charge in [0.15, 0.2) is 0 Å². The Balaban J connectivity index is 0.00000338. The smallest absolute Gasteiger partial charge is 0.238 e. The molecule has 0 heterocycles. The molecule has 2 aromatic carbocycles. The van der Waals surface area contributed by atoms with E-state index in [1.54, 1.807) is 20.8 Å². The fourth-order valence-electron chi connectivity index (χ4n) is 2.49. The average Bonchev–Trinajstić information content (AvgIpc) is 2.57. The summed E-state index contributed by atoms with van der Waals surface area (Å²) in [6.45, 7) is 5.30. The third-order valence-electron chi connectivity index (χ3n) is 4.36. The molecule has 8 heteroatoms. The first-order chi connectivity index (χ1) is 11.6. The molecular weight excluding hydrogens is 374 g/mol. The van der Waals surface area contributed by atoms with Crippen LogP contribution in [0, 0.1) is 19.8 Å². The van der Waals surface area contributed by atoms with Crippen molar-refractivity contribution in [3.63, 3.8) is 0 Å². The number of carbonyl (C=O) groups excluding carboxylic acids is 1. The van der Waals surface area contributed by atoms with E-state index in [2.05, 4.69) is 5.32 Å². The number of primary sulfonamides is 1. The zero-order valence-electron chi connectivity index (χ0n) is 14.9. The van der Waals surface area contributed by atoms with Gasteiger partial charge >= 0.3 is 0 Å². The average molecular weight is 398 g/mol. The van der Waals surface area contributed by atoms with Gasteiger partial charge in [0.1, 0.15) is 0 Å². The fraction of sp³-hybridized carbons (Fsp3) is 0.278. The number of rotatable bonds is 5. The lowest BCUT2D eigenvalue weighted by molar-refractivity contribution is -0.120. The molecule has 0 aliphatic carbocycles. The number of nitrogens with one attached hydrogen (secondary N) is 1. The quantitative estimate of drug-likeness (QED) is 0.719. The van der Waals surface area contributed by atoms with Crippen LogP contribution in [0.1, 0.15) is 29.7 Å². The first kappa shape index (κ1) is 22.1.